The molecular formula is C20H22ClNO3. The maximum atomic E-state index is 12.1. The number of nitrogens with one attached hydrogen (secondary N) is 1. The smallest absolute Gasteiger partial charge is 0.312 e. The number of amides is 1. The molecule has 4 nitrogen and oxygen atoms in total. The highest BCUT2D eigenvalue weighted by molar-refractivity contribution is 6.30. The van der Waals surface area contributed by atoms with E-state index < -0.39 is 11.9 Å². The molecule has 25 heavy (non-hydrogen) atoms. The minimum Gasteiger partial charge on any atom is -0.481 e. The summed E-state index contributed by atoms with van der Waals surface area (Å²) in [5.74, 6) is -1.66. The van der Waals surface area contributed by atoms with Crippen LogP contribution < -0.4 is 5.32 Å². The lowest BCUT2D eigenvalue weighted by Crippen LogP contribution is -2.32. The molecule has 0 aliphatic carbocycles. The largest absolute Gasteiger partial charge is 0.481 e. The van der Waals surface area contributed by atoms with Crippen molar-refractivity contribution in [2.24, 2.45) is 5.92 Å². The monoisotopic (exact) mass is 359 g/mol. The van der Waals surface area contributed by atoms with Gasteiger partial charge in [-0.3, -0.25) is 9.59 Å². The zero-order chi connectivity index (χ0) is 18.2. The van der Waals surface area contributed by atoms with Crippen LogP contribution >= 0.6 is 11.6 Å². The lowest BCUT2D eigenvalue weighted by Gasteiger charge is -2.15. The average molecular weight is 360 g/mol. The van der Waals surface area contributed by atoms with Crippen molar-refractivity contribution in [3.05, 3.63) is 70.7 Å². The molecule has 1 amide bonds. The van der Waals surface area contributed by atoms with Crippen molar-refractivity contribution >= 4 is 23.5 Å². The number of hydrogen-bond donors (Lipinski definition) is 2. The highest BCUT2D eigenvalue weighted by atomic mass is 35.5. The van der Waals surface area contributed by atoms with Crippen LogP contribution in [0.2, 0.25) is 5.02 Å². The summed E-state index contributed by atoms with van der Waals surface area (Å²) in [7, 11) is 0. The van der Waals surface area contributed by atoms with E-state index in [2.05, 4.69) is 5.32 Å². The first-order chi connectivity index (χ1) is 12.0. The number of hydrogen-bond acceptors (Lipinski definition) is 2. The number of carboxylic acid groups (broad SMARTS) is 1. The molecule has 5 heteroatoms. The fourth-order valence-corrected chi connectivity index (χ4v) is 2.86. The second kappa shape index (κ2) is 9.23. The van der Waals surface area contributed by atoms with E-state index in [1.165, 1.54) is 0 Å². The Kier molecular flexibility index (Phi) is 7.02. The first-order valence-corrected chi connectivity index (χ1v) is 8.62. The number of carbonyl (C=O) groups excluding carboxylic acids is 1. The molecule has 0 heterocycles. The average Bonchev–Trinajstić information content (AvgIpc) is 2.57. The van der Waals surface area contributed by atoms with Crippen molar-refractivity contribution < 1.29 is 14.7 Å². The van der Waals surface area contributed by atoms with Crippen molar-refractivity contribution in [2.75, 3.05) is 6.54 Å². The van der Waals surface area contributed by atoms with Crippen molar-refractivity contribution in [3.63, 3.8) is 0 Å². The van der Waals surface area contributed by atoms with Gasteiger partial charge in [0.1, 0.15) is 0 Å². The normalized spacial score (nSPS) is 13.0. The Hall–Kier alpha value is -2.33. The lowest BCUT2D eigenvalue weighted by molar-refractivity contribution is -0.138. The Bertz CT molecular complexity index is 701. The van der Waals surface area contributed by atoms with Crippen LogP contribution in [0.1, 0.15) is 30.4 Å². The van der Waals surface area contributed by atoms with E-state index in [1.54, 1.807) is 24.3 Å². The standard InChI is InChI=1S/C20H22ClNO3/c1-14(11-15-7-9-17(21)10-8-15)12-19(23)22-13-18(20(24)25)16-5-3-2-4-6-16/h2-10,14,18H,11-13H2,1H3,(H,22,23)(H,24,25). The summed E-state index contributed by atoms with van der Waals surface area (Å²) >= 11 is 5.87. The molecule has 2 aromatic rings. The van der Waals surface area contributed by atoms with Crippen LogP contribution in [-0.4, -0.2) is 23.5 Å². The number of aliphatic carboxylic acids is 1. The molecule has 0 aliphatic heterocycles. The van der Waals surface area contributed by atoms with Crippen molar-refractivity contribution in [1.82, 2.24) is 5.32 Å². The van der Waals surface area contributed by atoms with Gasteiger partial charge in [-0.1, -0.05) is 61.0 Å². The molecule has 0 spiro atoms. The molecule has 0 saturated heterocycles. The van der Waals surface area contributed by atoms with Gasteiger partial charge in [-0.25, -0.2) is 0 Å². The molecule has 2 rings (SSSR count). The highest BCUT2D eigenvalue weighted by Crippen LogP contribution is 2.17. The molecule has 0 aliphatic rings. The van der Waals surface area contributed by atoms with E-state index in [4.69, 9.17) is 11.6 Å². The van der Waals surface area contributed by atoms with E-state index in [9.17, 15) is 14.7 Å². The molecule has 2 N–H and O–H groups in total. The topological polar surface area (TPSA) is 66.4 Å². The SMILES string of the molecule is CC(CC(=O)NCC(C(=O)O)c1ccccc1)Cc1ccc(Cl)cc1. The van der Waals surface area contributed by atoms with E-state index >= 15 is 0 Å². The van der Waals surface area contributed by atoms with Gasteiger partial charge in [-0.05, 0) is 35.6 Å². The maximum absolute atomic E-state index is 12.1. The van der Waals surface area contributed by atoms with Gasteiger partial charge in [0.15, 0.2) is 0 Å². The summed E-state index contributed by atoms with van der Waals surface area (Å²) in [4.78, 5) is 23.6. The van der Waals surface area contributed by atoms with Gasteiger partial charge in [-0.15, -0.1) is 0 Å². The van der Waals surface area contributed by atoms with Crippen LogP contribution in [0.5, 0.6) is 0 Å². The summed E-state index contributed by atoms with van der Waals surface area (Å²) in [6.07, 6.45) is 1.12. The van der Waals surface area contributed by atoms with E-state index in [1.807, 2.05) is 37.3 Å². The summed E-state index contributed by atoms with van der Waals surface area (Å²) in [5, 5.41) is 12.8. The first-order valence-electron chi connectivity index (χ1n) is 8.24. The van der Waals surface area contributed by atoms with Gasteiger partial charge < -0.3 is 10.4 Å². The van der Waals surface area contributed by atoms with Crippen molar-refractivity contribution in [1.29, 1.82) is 0 Å². The summed E-state index contributed by atoms with van der Waals surface area (Å²) in [6, 6.07) is 16.5. The third kappa shape index (κ3) is 6.24. The molecule has 2 unspecified atom stereocenters. The molecule has 0 radical (unpaired) electrons. The van der Waals surface area contributed by atoms with Crippen LogP contribution in [0.3, 0.4) is 0 Å². The Morgan fingerprint density at radius 2 is 1.72 bits per heavy atom. The van der Waals surface area contributed by atoms with E-state index in [0.717, 1.165) is 12.0 Å². The molecule has 0 saturated carbocycles. The van der Waals surface area contributed by atoms with Gasteiger partial charge in [0, 0.05) is 18.0 Å². The van der Waals surface area contributed by atoms with Crippen LogP contribution in [-0.2, 0) is 16.0 Å². The van der Waals surface area contributed by atoms with Crippen molar-refractivity contribution in [2.45, 2.75) is 25.7 Å². The predicted octanol–water partition coefficient (Wildman–Crippen LogP) is 3.89. The number of rotatable bonds is 8. The third-order valence-corrected chi connectivity index (χ3v) is 4.29. The fraction of sp³-hybridized carbons (Fsp3) is 0.300. The molecule has 0 bridgehead atoms. The fourth-order valence-electron chi connectivity index (χ4n) is 2.73. The molecule has 132 valence electrons. The minimum absolute atomic E-state index is 0.0891. The van der Waals surface area contributed by atoms with Gasteiger partial charge in [0.25, 0.3) is 0 Å². The van der Waals surface area contributed by atoms with Crippen LogP contribution in [0.15, 0.2) is 54.6 Å². The summed E-state index contributed by atoms with van der Waals surface area (Å²) in [5.41, 5.74) is 1.81. The zero-order valence-corrected chi connectivity index (χ0v) is 14.9. The van der Waals surface area contributed by atoms with Crippen molar-refractivity contribution in [3.8, 4) is 0 Å². The Morgan fingerprint density at radius 1 is 1.08 bits per heavy atom. The summed E-state index contributed by atoms with van der Waals surface area (Å²) in [6.45, 7) is 2.09. The summed E-state index contributed by atoms with van der Waals surface area (Å²) < 4.78 is 0. The molecule has 2 atom stereocenters. The highest BCUT2D eigenvalue weighted by Gasteiger charge is 2.20. The van der Waals surface area contributed by atoms with Gasteiger partial charge >= 0.3 is 5.97 Å². The number of halogens is 1. The van der Waals surface area contributed by atoms with Gasteiger partial charge in [-0.2, -0.15) is 0 Å². The number of carbonyl (C=O) groups is 2. The second-order valence-electron chi connectivity index (χ2n) is 6.25. The Balaban J connectivity index is 1.84. The van der Waals surface area contributed by atoms with E-state index in [-0.39, 0.29) is 18.4 Å². The van der Waals surface area contributed by atoms with Gasteiger partial charge in [0.05, 0.1) is 5.92 Å². The lowest BCUT2D eigenvalue weighted by atomic mass is 9.97. The van der Waals surface area contributed by atoms with E-state index in [0.29, 0.717) is 17.0 Å². The number of carboxylic acids is 1. The molecule has 2 aromatic carbocycles. The second-order valence-corrected chi connectivity index (χ2v) is 6.68. The first kappa shape index (κ1) is 19.0. The van der Waals surface area contributed by atoms with Crippen LogP contribution in [0.4, 0.5) is 0 Å². The molecule has 0 aromatic heterocycles. The Labute approximate surface area is 152 Å². The quantitative estimate of drug-likeness (QED) is 0.751. The van der Waals surface area contributed by atoms with Crippen LogP contribution in [0.25, 0.3) is 0 Å². The minimum atomic E-state index is -0.944. The third-order valence-electron chi connectivity index (χ3n) is 4.03. The van der Waals surface area contributed by atoms with Gasteiger partial charge in [0.2, 0.25) is 5.91 Å². The Morgan fingerprint density at radius 3 is 2.32 bits per heavy atom. The number of benzene rings is 2. The maximum Gasteiger partial charge on any atom is 0.312 e. The molecular weight excluding hydrogens is 338 g/mol. The zero-order valence-electron chi connectivity index (χ0n) is 14.1. The molecule has 0 fully saturated rings. The van der Waals surface area contributed by atoms with Crippen LogP contribution in [0, 0.1) is 5.92 Å². The predicted molar refractivity (Wildman–Crippen MR) is 98.8 cm³/mol.